The van der Waals surface area contributed by atoms with E-state index in [4.69, 9.17) is 5.26 Å². The molecule has 0 amide bonds. The third kappa shape index (κ3) is 1.75. The Kier molecular flexibility index (Phi) is 2.47. The highest BCUT2D eigenvalue weighted by Crippen LogP contribution is 2.12. The van der Waals surface area contributed by atoms with Crippen molar-refractivity contribution in [1.82, 2.24) is 9.97 Å². The lowest BCUT2D eigenvalue weighted by atomic mass is 10.1. The molecule has 68 valence electrons. The Morgan fingerprint density at radius 2 is 2.15 bits per heavy atom. The highest BCUT2D eigenvalue weighted by atomic mass is 16.1. The summed E-state index contributed by atoms with van der Waals surface area (Å²) in [6, 6.07) is 2.06. The monoisotopic (exact) mass is 177 g/mol. The van der Waals surface area contributed by atoms with Crippen LogP contribution in [0.4, 0.5) is 0 Å². The average molecular weight is 177 g/mol. The van der Waals surface area contributed by atoms with E-state index in [0.717, 1.165) is 0 Å². The summed E-state index contributed by atoms with van der Waals surface area (Å²) >= 11 is 0. The van der Waals surface area contributed by atoms with Crippen LogP contribution in [0.2, 0.25) is 0 Å². The van der Waals surface area contributed by atoms with E-state index in [-0.39, 0.29) is 11.5 Å². The van der Waals surface area contributed by atoms with Gasteiger partial charge in [0.2, 0.25) is 0 Å². The van der Waals surface area contributed by atoms with Crippen LogP contribution in [0.5, 0.6) is 0 Å². The van der Waals surface area contributed by atoms with Gasteiger partial charge in [0.1, 0.15) is 5.82 Å². The summed E-state index contributed by atoms with van der Waals surface area (Å²) < 4.78 is 0. The Hall–Kier alpha value is -1.63. The van der Waals surface area contributed by atoms with Crippen LogP contribution in [0.25, 0.3) is 0 Å². The van der Waals surface area contributed by atoms with Crippen LogP contribution in [0, 0.1) is 25.2 Å². The Balaban J connectivity index is 3.39. The first-order valence-electron chi connectivity index (χ1n) is 4.03. The molecule has 1 heterocycles. The molecule has 0 fully saturated rings. The van der Waals surface area contributed by atoms with E-state index in [1.54, 1.807) is 20.8 Å². The molecule has 13 heavy (non-hydrogen) atoms. The Bertz CT molecular complexity index is 414. The molecular formula is C9H11N3O. The van der Waals surface area contributed by atoms with Gasteiger partial charge in [0.25, 0.3) is 5.56 Å². The highest BCUT2D eigenvalue weighted by Gasteiger charge is 2.11. The summed E-state index contributed by atoms with van der Waals surface area (Å²) in [5.74, 6) is 0.216. The molecule has 0 saturated heterocycles. The molecule has 0 aromatic carbocycles. The molecular weight excluding hydrogens is 166 g/mol. The number of aromatic nitrogens is 2. The SMILES string of the molecule is Cc1nc(C(C)C#N)c(C)c(=O)[nH]1. The van der Waals surface area contributed by atoms with Crippen LogP contribution in [0.15, 0.2) is 4.79 Å². The van der Waals surface area contributed by atoms with Crippen LogP contribution >= 0.6 is 0 Å². The molecule has 1 rings (SSSR count). The van der Waals surface area contributed by atoms with Crippen molar-refractivity contribution in [3.05, 3.63) is 27.4 Å². The minimum Gasteiger partial charge on any atom is -0.311 e. The number of H-pyrrole nitrogens is 1. The first-order chi connectivity index (χ1) is 6.06. The van der Waals surface area contributed by atoms with Crippen LogP contribution in [0.3, 0.4) is 0 Å². The van der Waals surface area contributed by atoms with Crippen molar-refractivity contribution in [3.63, 3.8) is 0 Å². The van der Waals surface area contributed by atoms with E-state index in [1.165, 1.54) is 0 Å². The largest absolute Gasteiger partial charge is 0.311 e. The fraction of sp³-hybridized carbons (Fsp3) is 0.444. The molecule has 0 bridgehead atoms. The lowest BCUT2D eigenvalue weighted by Crippen LogP contribution is -2.17. The molecule has 0 saturated carbocycles. The minimum atomic E-state index is -0.332. The molecule has 1 N–H and O–H groups in total. The average Bonchev–Trinajstić information content (AvgIpc) is 2.10. The standard InChI is InChI=1S/C9H11N3O/c1-5(4-10)8-6(2)9(13)12-7(3)11-8/h5H,1-3H3,(H,11,12,13). The molecule has 1 aromatic heterocycles. The van der Waals surface area contributed by atoms with Gasteiger partial charge in [0.15, 0.2) is 0 Å². The second-order valence-electron chi connectivity index (χ2n) is 3.01. The number of nitrogens with one attached hydrogen (secondary N) is 1. The molecule has 4 heteroatoms. The summed E-state index contributed by atoms with van der Waals surface area (Å²) in [5.41, 5.74) is 0.938. The van der Waals surface area contributed by atoms with Crippen molar-refractivity contribution in [2.45, 2.75) is 26.7 Å². The number of hydrogen-bond donors (Lipinski definition) is 1. The molecule has 0 aliphatic carbocycles. The third-order valence-electron chi connectivity index (χ3n) is 1.91. The fourth-order valence-electron chi connectivity index (χ4n) is 1.15. The Labute approximate surface area is 76.2 Å². The van der Waals surface area contributed by atoms with Crippen molar-refractivity contribution in [2.75, 3.05) is 0 Å². The van der Waals surface area contributed by atoms with Gasteiger partial charge in [-0.1, -0.05) is 0 Å². The van der Waals surface area contributed by atoms with E-state index >= 15 is 0 Å². The topological polar surface area (TPSA) is 69.5 Å². The van der Waals surface area contributed by atoms with Crippen molar-refractivity contribution < 1.29 is 0 Å². The molecule has 1 aromatic rings. The van der Waals surface area contributed by atoms with Gasteiger partial charge < -0.3 is 4.98 Å². The molecule has 0 aliphatic heterocycles. The zero-order valence-corrected chi connectivity index (χ0v) is 7.88. The maximum Gasteiger partial charge on any atom is 0.254 e. The molecule has 0 radical (unpaired) electrons. The summed E-state index contributed by atoms with van der Waals surface area (Å²) in [4.78, 5) is 18.0. The Morgan fingerprint density at radius 1 is 1.54 bits per heavy atom. The van der Waals surface area contributed by atoms with Gasteiger partial charge in [-0.05, 0) is 20.8 Å². The van der Waals surface area contributed by atoms with E-state index in [0.29, 0.717) is 17.1 Å². The predicted octanol–water partition coefficient (Wildman–Crippen LogP) is 1.01. The van der Waals surface area contributed by atoms with E-state index in [2.05, 4.69) is 16.0 Å². The smallest absolute Gasteiger partial charge is 0.254 e. The number of aryl methyl sites for hydroxylation is 1. The lowest BCUT2D eigenvalue weighted by Gasteiger charge is -2.05. The second-order valence-corrected chi connectivity index (χ2v) is 3.01. The molecule has 4 nitrogen and oxygen atoms in total. The fourth-order valence-corrected chi connectivity index (χ4v) is 1.15. The van der Waals surface area contributed by atoms with Gasteiger partial charge >= 0.3 is 0 Å². The van der Waals surface area contributed by atoms with Gasteiger partial charge in [0.05, 0.1) is 17.7 Å². The summed E-state index contributed by atoms with van der Waals surface area (Å²) in [5, 5.41) is 8.69. The van der Waals surface area contributed by atoms with Gasteiger partial charge in [0, 0.05) is 5.56 Å². The normalized spacial score (nSPS) is 12.2. The Morgan fingerprint density at radius 3 is 2.69 bits per heavy atom. The molecule has 0 spiro atoms. The van der Waals surface area contributed by atoms with Crippen LogP contribution in [0.1, 0.15) is 29.9 Å². The van der Waals surface area contributed by atoms with Crippen molar-refractivity contribution in [2.24, 2.45) is 0 Å². The number of aromatic amines is 1. The predicted molar refractivity (Wildman–Crippen MR) is 48.4 cm³/mol. The van der Waals surface area contributed by atoms with Crippen LogP contribution in [-0.4, -0.2) is 9.97 Å². The number of nitriles is 1. The van der Waals surface area contributed by atoms with Crippen molar-refractivity contribution in [3.8, 4) is 6.07 Å². The maximum atomic E-state index is 11.3. The van der Waals surface area contributed by atoms with Crippen LogP contribution < -0.4 is 5.56 Å². The van der Waals surface area contributed by atoms with E-state index in [9.17, 15) is 4.79 Å². The zero-order valence-electron chi connectivity index (χ0n) is 7.88. The number of rotatable bonds is 1. The quantitative estimate of drug-likeness (QED) is 0.696. The van der Waals surface area contributed by atoms with E-state index < -0.39 is 0 Å². The van der Waals surface area contributed by atoms with Gasteiger partial charge in [-0.2, -0.15) is 5.26 Å². The number of nitrogens with zero attached hydrogens (tertiary/aromatic N) is 2. The van der Waals surface area contributed by atoms with E-state index in [1.807, 2.05) is 0 Å². The van der Waals surface area contributed by atoms with Crippen LogP contribution in [-0.2, 0) is 0 Å². The summed E-state index contributed by atoms with van der Waals surface area (Å²) in [6.07, 6.45) is 0. The van der Waals surface area contributed by atoms with Gasteiger partial charge in [-0.15, -0.1) is 0 Å². The lowest BCUT2D eigenvalue weighted by molar-refractivity contribution is 0.847. The highest BCUT2D eigenvalue weighted by molar-refractivity contribution is 5.23. The number of hydrogen-bond acceptors (Lipinski definition) is 3. The second kappa shape index (κ2) is 3.40. The summed E-state index contributed by atoms with van der Waals surface area (Å²) in [7, 11) is 0. The summed E-state index contributed by atoms with van der Waals surface area (Å²) in [6.45, 7) is 5.11. The first-order valence-corrected chi connectivity index (χ1v) is 4.03. The maximum absolute atomic E-state index is 11.3. The van der Waals surface area contributed by atoms with Crippen molar-refractivity contribution >= 4 is 0 Å². The third-order valence-corrected chi connectivity index (χ3v) is 1.91. The van der Waals surface area contributed by atoms with Gasteiger partial charge in [-0.3, -0.25) is 4.79 Å². The molecule has 1 atom stereocenters. The van der Waals surface area contributed by atoms with Crippen molar-refractivity contribution in [1.29, 1.82) is 5.26 Å². The zero-order chi connectivity index (χ0) is 10.0. The molecule has 0 aliphatic rings. The first kappa shape index (κ1) is 9.46. The molecule has 1 unspecified atom stereocenters. The minimum absolute atomic E-state index is 0.162. The van der Waals surface area contributed by atoms with Gasteiger partial charge in [-0.25, -0.2) is 4.98 Å².